The zero-order chi connectivity index (χ0) is 12.0. The quantitative estimate of drug-likeness (QED) is 0.542. The number of fused-ring (bicyclic) bond motifs is 2. The highest BCUT2D eigenvalue weighted by molar-refractivity contribution is 7.24. The first kappa shape index (κ1) is 10.5. The summed E-state index contributed by atoms with van der Waals surface area (Å²) >= 11 is 1.70. The first-order valence-corrected chi connectivity index (χ1v) is 6.41. The molecule has 0 spiro atoms. The molecule has 0 atom stereocenters. The molecule has 17 heavy (non-hydrogen) atoms. The molecule has 0 amide bonds. The van der Waals surface area contributed by atoms with Crippen LogP contribution in [0.1, 0.15) is 11.1 Å². The van der Waals surface area contributed by atoms with Crippen LogP contribution in [0.15, 0.2) is 41.2 Å². The van der Waals surface area contributed by atoms with Crippen molar-refractivity contribution in [2.24, 2.45) is 0 Å². The van der Waals surface area contributed by atoms with Crippen LogP contribution in [0, 0.1) is 13.8 Å². The number of rotatable bonds is 0. The van der Waals surface area contributed by atoms with Gasteiger partial charge in [-0.2, -0.15) is 0 Å². The zero-order valence-corrected chi connectivity index (χ0v) is 10.6. The van der Waals surface area contributed by atoms with Crippen molar-refractivity contribution in [1.82, 2.24) is 0 Å². The van der Waals surface area contributed by atoms with E-state index in [-0.39, 0.29) is 5.43 Å². The monoisotopic (exact) mass is 240 g/mol. The Kier molecular flexibility index (Phi) is 2.26. The molecule has 0 saturated heterocycles. The molecule has 3 aromatic rings. The molecule has 1 nitrogen and oxygen atoms in total. The molecule has 84 valence electrons. The summed E-state index contributed by atoms with van der Waals surface area (Å²) in [7, 11) is 0. The van der Waals surface area contributed by atoms with Crippen molar-refractivity contribution in [1.29, 1.82) is 0 Å². The predicted octanol–water partition coefficient (Wildman–Crippen LogP) is 4.03. The van der Waals surface area contributed by atoms with Gasteiger partial charge in [0.25, 0.3) is 0 Å². The van der Waals surface area contributed by atoms with Gasteiger partial charge in [-0.15, -0.1) is 11.3 Å². The van der Waals surface area contributed by atoms with E-state index in [1.807, 2.05) is 31.2 Å². The molecule has 0 aliphatic rings. The van der Waals surface area contributed by atoms with Gasteiger partial charge in [-0.05, 0) is 37.6 Å². The van der Waals surface area contributed by atoms with Crippen molar-refractivity contribution in [3.8, 4) is 0 Å². The third kappa shape index (κ3) is 1.56. The molecule has 0 saturated carbocycles. The lowest BCUT2D eigenvalue weighted by Crippen LogP contribution is -2.01. The van der Waals surface area contributed by atoms with Crippen molar-refractivity contribution >= 4 is 31.5 Å². The minimum absolute atomic E-state index is 0.154. The van der Waals surface area contributed by atoms with Crippen molar-refractivity contribution in [2.75, 3.05) is 0 Å². The maximum atomic E-state index is 12.4. The molecule has 2 aromatic carbocycles. The van der Waals surface area contributed by atoms with E-state index in [0.717, 1.165) is 25.7 Å². The van der Waals surface area contributed by atoms with Gasteiger partial charge in [-0.25, -0.2) is 0 Å². The molecule has 2 heteroatoms. The summed E-state index contributed by atoms with van der Waals surface area (Å²) in [6, 6.07) is 12.0. The molecule has 1 heterocycles. The Balaban J connectivity index is 2.62. The Morgan fingerprint density at radius 1 is 1.00 bits per heavy atom. The van der Waals surface area contributed by atoms with Crippen LogP contribution in [0.25, 0.3) is 20.2 Å². The lowest BCUT2D eigenvalue weighted by atomic mass is 10.1. The minimum Gasteiger partial charge on any atom is -0.289 e. The lowest BCUT2D eigenvalue weighted by molar-refractivity contribution is 1.51. The second-order valence-corrected chi connectivity index (χ2v) is 5.43. The van der Waals surface area contributed by atoms with Crippen molar-refractivity contribution in [2.45, 2.75) is 13.8 Å². The molecule has 0 aliphatic heterocycles. The van der Waals surface area contributed by atoms with Crippen LogP contribution in [0.5, 0.6) is 0 Å². The molecule has 0 bridgehead atoms. The van der Waals surface area contributed by atoms with Gasteiger partial charge in [0.15, 0.2) is 5.43 Å². The van der Waals surface area contributed by atoms with Crippen LogP contribution >= 0.6 is 11.3 Å². The minimum atomic E-state index is 0.154. The van der Waals surface area contributed by atoms with Crippen LogP contribution < -0.4 is 5.43 Å². The maximum Gasteiger partial charge on any atom is 0.195 e. The highest BCUT2D eigenvalue weighted by atomic mass is 32.1. The smallest absolute Gasteiger partial charge is 0.195 e. The number of aryl methyl sites for hydroxylation is 2. The van der Waals surface area contributed by atoms with E-state index < -0.39 is 0 Å². The van der Waals surface area contributed by atoms with Gasteiger partial charge in [0.1, 0.15) is 0 Å². The van der Waals surface area contributed by atoms with E-state index in [1.165, 1.54) is 5.56 Å². The van der Waals surface area contributed by atoms with Crippen molar-refractivity contribution in [3.63, 3.8) is 0 Å². The zero-order valence-electron chi connectivity index (χ0n) is 9.78. The summed E-state index contributed by atoms with van der Waals surface area (Å²) in [6.07, 6.45) is 0. The van der Waals surface area contributed by atoms with Crippen LogP contribution in [0.2, 0.25) is 0 Å². The van der Waals surface area contributed by atoms with Gasteiger partial charge < -0.3 is 0 Å². The van der Waals surface area contributed by atoms with E-state index in [9.17, 15) is 4.79 Å². The first-order valence-electron chi connectivity index (χ1n) is 5.59. The maximum absolute atomic E-state index is 12.4. The van der Waals surface area contributed by atoms with Gasteiger partial charge in [0.2, 0.25) is 0 Å². The normalized spacial score (nSPS) is 11.2. The average Bonchev–Trinajstić information content (AvgIpc) is 2.32. The summed E-state index contributed by atoms with van der Waals surface area (Å²) in [5.41, 5.74) is 2.46. The summed E-state index contributed by atoms with van der Waals surface area (Å²) in [4.78, 5) is 12.4. The van der Waals surface area contributed by atoms with Crippen molar-refractivity contribution < 1.29 is 0 Å². The van der Waals surface area contributed by atoms with Gasteiger partial charge in [-0.1, -0.05) is 23.8 Å². The summed E-state index contributed by atoms with van der Waals surface area (Å²) in [5, 5.41) is 1.68. The fourth-order valence-corrected chi connectivity index (χ4v) is 3.25. The number of hydrogen-bond acceptors (Lipinski definition) is 2. The van der Waals surface area contributed by atoms with E-state index in [2.05, 4.69) is 19.1 Å². The average molecular weight is 240 g/mol. The summed E-state index contributed by atoms with van der Waals surface area (Å²) < 4.78 is 2.18. The van der Waals surface area contributed by atoms with E-state index >= 15 is 0 Å². The second-order valence-electron chi connectivity index (χ2n) is 4.38. The Hall–Kier alpha value is -1.67. The third-order valence-electron chi connectivity index (χ3n) is 3.05. The van der Waals surface area contributed by atoms with E-state index in [0.29, 0.717) is 0 Å². The van der Waals surface area contributed by atoms with Crippen LogP contribution in [0.4, 0.5) is 0 Å². The fourth-order valence-electron chi connectivity index (χ4n) is 2.13. The standard InChI is InChI=1S/C15H12OS/c1-9-6-7-13-12(8-9)14(16)11-5-3-4-10(2)15(11)17-13/h3-8H,1-2H3. The van der Waals surface area contributed by atoms with Gasteiger partial charge in [-0.3, -0.25) is 4.79 Å². The van der Waals surface area contributed by atoms with E-state index in [4.69, 9.17) is 0 Å². The molecule has 0 radical (unpaired) electrons. The summed E-state index contributed by atoms with van der Waals surface area (Å²) in [6.45, 7) is 4.07. The molecular weight excluding hydrogens is 228 g/mol. The predicted molar refractivity (Wildman–Crippen MR) is 75.1 cm³/mol. The van der Waals surface area contributed by atoms with Crippen molar-refractivity contribution in [3.05, 3.63) is 57.7 Å². The SMILES string of the molecule is Cc1ccc2sc3c(C)cccc3c(=O)c2c1. The molecule has 3 rings (SSSR count). The molecule has 0 fully saturated rings. The molecule has 0 N–H and O–H groups in total. The Bertz CT molecular complexity index is 777. The molecule has 1 aromatic heterocycles. The topological polar surface area (TPSA) is 17.1 Å². The second kappa shape index (κ2) is 3.67. The van der Waals surface area contributed by atoms with Crippen LogP contribution in [-0.2, 0) is 0 Å². The third-order valence-corrected chi connectivity index (χ3v) is 4.37. The van der Waals surface area contributed by atoms with Crippen LogP contribution in [-0.4, -0.2) is 0 Å². The highest BCUT2D eigenvalue weighted by Gasteiger charge is 2.07. The lowest BCUT2D eigenvalue weighted by Gasteiger charge is -2.03. The molecular formula is C15H12OS. The van der Waals surface area contributed by atoms with Gasteiger partial charge in [0, 0.05) is 20.2 Å². The van der Waals surface area contributed by atoms with Gasteiger partial charge in [0.05, 0.1) is 0 Å². The Morgan fingerprint density at radius 3 is 2.65 bits per heavy atom. The molecule has 0 aliphatic carbocycles. The van der Waals surface area contributed by atoms with Crippen LogP contribution in [0.3, 0.4) is 0 Å². The van der Waals surface area contributed by atoms with Gasteiger partial charge >= 0.3 is 0 Å². The largest absolute Gasteiger partial charge is 0.289 e. The van der Waals surface area contributed by atoms with E-state index in [1.54, 1.807) is 11.3 Å². The summed E-state index contributed by atoms with van der Waals surface area (Å²) in [5.74, 6) is 0. The number of hydrogen-bond donors (Lipinski definition) is 0. The highest BCUT2D eigenvalue weighted by Crippen LogP contribution is 2.27. The first-order chi connectivity index (χ1) is 8.16. The fraction of sp³-hybridized carbons (Fsp3) is 0.133. The Labute approximate surface area is 103 Å². The number of benzene rings is 2. The Morgan fingerprint density at radius 2 is 1.82 bits per heavy atom. The molecule has 0 unspecified atom stereocenters.